The Morgan fingerprint density at radius 2 is 2.19 bits per heavy atom. The molecule has 0 radical (unpaired) electrons. The number of hydrogen-bond donors (Lipinski definition) is 2. The minimum absolute atomic E-state index is 0.208. The molecule has 1 aliphatic rings. The van der Waals surface area contributed by atoms with Gasteiger partial charge in [0.1, 0.15) is 10.7 Å². The van der Waals surface area contributed by atoms with E-state index in [9.17, 15) is 9.90 Å². The Morgan fingerprint density at radius 3 is 2.90 bits per heavy atom. The lowest BCUT2D eigenvalue weighted by molar-refractivity contribution is 0.0310. The molecule has 3 heterocycles. The highest BCUT2D eigenvalue weighted by Gasteiger charge is 2.30. The zero-order valence-electron chi connectivity index (χ0n) is 11.4. The molecule has 0 aromatic carbocycles. The van der Waals surface area contributed by atoms with Crippen molar-refractivity contribution < 1.29 is 9.90 Å². The number of thiazole rings is 1. The van der Waals surface area contributed by atoms with E-state index in [0.717, 1.165) is 34.2 Å². The van der Waals surface area contributed by atoms with Gasteiger partial charge in [-0.3, -0.25) is 4.79 Å². The smallest absolute Gasteiger partial charge is 0.270 e. The molecular weight excluding hydrogens is 324 g/mol. The Morgan fingerprint density at radius 1 is 1.38 bits per heavy atom. The van der Waals surface area contributed by atoms with E-state index in [1.807, 2.05) is 29.3 Å². The Kier molecular flexibility index (Phi) is 4.63. The summed E-state index contributed by atoms with van der Waals surface area (Å²) in [7, 11) is 0. The number of carbonyl (C=O) groups is 1. The molecule has 4 nitrogen and oxygen atoms in total. The molecule has 0 bridgehead atoms. The van der Waals surface area contributed by atoms with Crippen LogP contribution < -0.4 is 5.32 Å². The minimum Gasteiger partial charge on any atom is -0.388 e. The lowest BCUT2D eigenvalue weighted by atomic mass is 9.97. The zero-order chi connectivity index (χ0) is 14.7. The Hall–Kier alpha value is -0.890. The van der Waals surface area contributed by atoms with Gasteiger partial charge in [-0.25, -0.2) is 4.98 Å². The molecule has 1 saturated heterocycles. The monoisotopic (exact) mass is 340 g/mol. The number of carbonyl (C=O) groups excluding carboxylic acids is 1. The van der Waals surface area contributed by atoms with Crippen LogP contribution in [0.2, 0.25) is 0 Å². The fourth-order valence-electron chi connectivity index (χ4n) is 2.15. The predicted molar refractivity (Wildman–Crippen MR) is 89.3 cm³/mol. The molecule has 1 amide bonds. The molecule has 7 heteroatoms. The first-order valence-corrected chi connectivity index (χ1v) is 9.65. The Bertz CT molecular complexity index is 604. The van der Waals surface area contributed by atoms with Gasteiger partial charge in [0.15, 0.2) is 0 Å². The maximum absolute atomic E-state index is 12.1. The topological polar surface area (TPSA) is 62.2 Å². The van der Waals surface area contributed by atoms with Crippen LogP contribution in [0.15, 0.2) is 22.9 Å². The molecule has 21 heavy (non-hydrogen) atoms. The number of nitrogens with zero attached hydrogens (tertiary/aromatic N) is 1. The van der Waals surface area contributed by atoms with Gasteiger partial charge in [0, 0.05) is 11.9 Å². The summed E-state index contributed by atoms with van der Waals surface area (Å²) in [6.45, 7) is 0.304. The van der Waals surface area contributed by atoms with Crippen LogP contribution >= 0.6 is 34.4 Å². The molecule has 0 spiro atoms. The molecule has 0 aliphatic carbocycles. The van der Waals surface area contributed by atoms with E-state index in [0.29, 0.717) is 12.2 Å². The maximum Gasteiger partial charge on any atom is 0.270 e. The standard InChI is InChI=1S/C14H16N2O2S3/c17-12(15-9-14(18)3-6-19-7-4-14)10-8-21-13(16-10)11-2-1-5-20-11/h1-2,5,8,18H,3-4,6-7,9H2,(H,15,17). The SMILES string of the molecule is O=C(NCC1(O)CCSCC1)c1csc(-c2cccs2)n1. The van der Waals surface area contributed by atoms with Crippen LogP contribution in [-0.2, 0) is 0 Å². The summed E-state index contributed by atoms with van der Waals surface area (Å²) in [5.41, 5.74) is -0.328. The van der Waals surface area contributed by atoms with E-state index >= 15 is 0 Å². The van der Waals surface area contributed by atoms with Crippen LogP contribution in [-0.4, -0.2) is 39.6 Å². The predicted octanol–water partition coefficient (Wildman–Crippen LogP) is 2.86. The van der Waals surface area contributed by atoms with Crippen molar-refractivity contribution in [3.05, 3.63) is 28.6 Å². The normalized spacial score (nSPS) is 17.6. The number of aliphatic hydroxyl groups is 1. The van der Waals surface area contributed by atoms with E-state index in [1.54, 1.807) is 16.7 Å². The van der Waals surface area contributed by atoms with Crippen molar-refractivity contribution in [1.29, 1.82) is 0 Å². The van der Waals surface area contributed by atoms with Crippen LogP contribution in [0.4, 0.5) is 0 Å². The maximum atomic E-state index is 12.1. The third-order valence-corrected chi connectivity index (χ3v) is 6.34. The van der Waals surface area contributed by atoms with Gasteiger partial charge >= 0.3 is 0 Å². The van der Waals surface area contributed by atoms with Crippen molar-refractivity contribution in [2.24, 2.45) is 0 Å². The van der Waals surface area contributed by atoms with Crippen LogP contribution in [0, 0.1) is 0 Å². The molecule has 2 aromatic rings. The number of nitrogens with one attached hydrogen (secondary N) is 1. The minimum atomic E-state index is -0.756. The first-order chi connectivity index (χ1) is 10.2. The van der Waals surface area contributed by atoms with E-state index in [4.69, 9.17) is 0 Å². The molecule has 3 rings (SSSR count). The third-order valence-electron chi connectivity index (χ3n) is 3.47. The van der Waals surface area contributed by atoms with Gasteiger partial charge < -0.3 is 10.4 Å². The summed E-state index contributed by atoms with van der Waals surface area (Å²) >= 11 is 4.93. The number of amides is 1. The van der Waals surface area contributed by atoms with E-state index in [1.165, 1.54) is 11.3 Å². The largest absolute Gasteiger partial charge is 0.388 e. The van der Waals surface area contributed by atoms with Gasteiger partial charge in [-0.05, 0) is 35.8 Å². The molecule has 0 saturated carbocycles. The number of aromatic nitrogens is 1. The summed E-state index contributed by atoms with van der Waals surface area (Å²) in [6.07, 6.45) is 1.46. The average Bonchev–Trinajstić information content (AvgIpc) is 3.16. The number of thioether (sulfide) groups is 1. The molecule has 0 atom stereocenters. The van der Waals surface area contributed by atoms with Gasteiger partial charge in [0.2, 0.25) is 0 Å². The van der Waals surface area contributed by atoms with Crippen molar-refractivity contribution in [2.45, 2.75) is 18.4 Å². The Balaban J connectivity index is 1.61. The number of hydrogen-bond acceptors (Lipinski definition) is 6. The molecular formula is C14H16N2O2S3. The third kappa shape index (κ3) is 3.66. The van der Waals surface area contributed by atoms with Crippen molar-refractivity contribution in [1.82, 2.24) is 10.3 Å². The number of rotatable bonds is 4. The van der Waals surface area contributed by atoms with Crippen LogP contribution in [0.1, 0.15) is 23.3 Å². The average molecular weight is 340 g/mol. The second-order valence-electron chi connectivity index (χ2n) is 5.03. The lowest BCUT2D eigenvalue weighted by Crippen LogP contribution is -2.45. The van der Waals surface area contributed by atoms with Gasteiger partial charge in [-0.15, -0.1) is 22.7 Å². The lowest BCUT2D eigenvalue weighted by Gasteiger charge is -2.31. The molecule has 2 N–H and O–H groups in total. The first-order valence-electron chi connectivity index (χ1n) is 6.74. The molecule has 1 aliphatic heterocycles. The fourth-order valence-corrected chi connectivity index (χ4v) is 5.02. The highest BCUT2D eigenvalue weighted by atomic mass is 32.2. The van der Waals surface area contributed by atoms with Gasteiger partial charge in [0.05, 0.1) is 10.5 Å². The summed E-state index contributed by atoms with van der Waals surface area (Å²) < 4.78 is 0. The van der Waals surface area contributed by atoms with Crippen molar-refractivity contribution in [3.8, 4) is 9.88 Å². The second kappa shape index (κ2) is 6.48. The molecule has 112 valence electrons. The van der Waals surface area contributed by atoms with Crippen LogP contribution in [0.3, 0.4) is 0 Å². The fraction of sp³-hybridized carbons (Fsp3) is 0.429. The van der Waals surface area contributed by atoms with Crippen molar-refractivity contribution >= 4 is 40.3 Å². The van der Waals surface area contributed by atoms with Crippen LogP contribution in [0.5, 0.6) is 0 Å². The second-order valence-corrected chi connectivity index (χ2v) is 8.07. The van der Waals surface area contributed by atoms with Gasteiger partial charge in [-0.1, -0.05) is 6.07 Å². The zero-order valence-corrected chi connectivity index (χ0v) is 13.8. The van der Waals surface area contributed by atoms with Crippen molar-refractivity contribution in [3.63, 3.8) is 0 Å². The highest BCUT2D eigenvalue weighted by Crippen LogP contribution is 2.28. The van der Waals surface area contributed by atoms with Gasteiger partial charge in [0.25, 0.3) is 5.91 Å². The summed E-state index contributed by atoms with van der Waals surface area (Å²) in [6, 6.07) is 3.96. The molecule has 2 aromatic heterocycles. The number of thiophene rings is 1. The quantitative estimate of drug-likeness (QED) is 0.898. The summed E-state index contributed by atoms with van der Waals surface area (Å²) in [4.78, 5) is 17.6. The van der Waals surface area contributed by atoms with Crippen LogP contribution in [0.25, 0.3) is 9.88 Å². The molecule has 0 unspecified atom stereocenters. The van der Waals surface area contributed by atoms with E-state index in [2.05, 4.69) is 10.3 Å². The summed E-state index contributed by atoms with van der Waals surface area (Å²) in [5.74, 6) is 1.69. The first kappa shape index (κ1) is 15.0. The van der Waals surface area contributed by atoms with Crippen molar-refractivity contribution in [2.75, 3.05) is 18.1 Å². The highest BCUT2D eigenvalue weighted by molar-refractivity contribution is 7.99. The van der Waals surface area contributed by atoms with E-state index < -0.39 is 5.60 Å². The Labute approximate surface area is 135 Å². The van der Waals surface area contributed by atoms with Gasteiger partial charge in [-0.2, -0.15) is 11.8 Å². The van der Waals surface area contributed by atoms with E-state index in [-0.39, 0.29) is 5.91 Å². The summed E-state index contributed by atoms with van der Waals surface area (Å²) in [5, 5.41) is 17.8. The molecule has 1 fully saturated rings.